The van der Waals surface area contributed by atoms with Crippen LogP contribution in [0.15, 0.2) is 79.8 Å². The number of carbonyl (C=O) groups excluding carboxylic acids is 1. The number of hydrogen-bond donors (Lipinski definition) is 3. The van der Waals surface area contributed by atoms with Crippen LogP contribution >= 0.6 is 0 Å². The molecule has 1 fully saturated rings. The molecule has 0 saturated heterocycles. The normalized spacial score (nSPS) is 17.6. The molecule has 4 rings (SSSR count). The zero-order valence-electron chi connectivity index (χ0n) is 18.3. The largest absolute Gasteiger partial charge is 0.457 e. The number of benzene rings is 2. The Kier molecular flexibility index (Phi) is 7.09. The second-order valence-electron chi connectivity index (χ2n) is 8.01. The van der Waals surface area contributed by atoms with E-state index in [1.165, 1.54) is 12.4 Å². The van der Waals surface area contributed by atoms with Gasteiger partial charge in [0.2, 0.25) is 5.91 Å². The molecular weight excluding hydrogens is 414 g/mol. The molecule has 3 aromatic rings. The molecule has 1 saturated carbocycles. The highest BCUT2D eigenvalue weighted by molar-refractivity contribution is 6.13. The van der Waals surface area contributed by atoms with Gasteiger partial charge in [-0.3, -0.25) is 10.2 Å². The number of ether oxygens (including phenoxy) is 1. The van der Waals surface area contributed by atoms with Crippen LogP contribution in [0.3, 0.4) is 0 Å². The van der Waals surface area contributed by atoms with E-state index in [1.54, 1.807) is 6.20 Å². The first-order chi connectivity index (χ1) is 16.1. The first-order valence-corrected chi connectivity index (χ1v) is 11.0. The van der Waals surface area contributed by atoms with Gasteiger partial charge in [0.1, 0.15) is 23.6 Å². The number of nitrogens with zero attached hydrogens (tertiary/aromatic N) is 2. The van der Waals surface area contributed by atoms with Gasteiger partial charge in [0, 0.05) is 23.8 Å². The molecular formula is C26H27N5O2. The molecule has 7 heteroatoms. The van der Waals surface area contributed by atoms with Crippen LogP contribution in [0.25, 0.3) is 0 Å². The summed E-state index contributed by atoms with van der Waals surface area (Å²) in [5.74, 6) is 2.00. The third-order valence-corrected chi connectivity index (χ3v) is 5.70. The molecule has 0 radical (unpaired) electrons. The minimum absolute atomic E-state index is 0.127. The molecule has 0 atom stereocenters. The SMILES string of the molecule is C=CC(=O)NC1CCC(Nc2ncncc2C(=N)c2ccc(Oc3ccccc3)cc2)CC1. The first-order valence-electron chi connectivity index (χ1n) is 11.0. The van der Waals surface area contributed by atoms with Gasteiger partial charge >= 0.3 is 0 Å². The topological polar surface area (TPSA) is 100.0 Å². The van der Waals surface area contributed by atoms with Gasteiger partial charge in [-0.05, 0) is 68.2 Å². The van der Waals surface area contributed by atoms with Crippen molar-refractivity contribution in [3.8, 4) is 11.5 Å². The Balaban J connectivity index is 1.40. The number of nitrogens with one attached hydrogen (secondary N) is 3. The maximum atomic E-state index is 11.5. The summed E-state index contributed by atoms with van der Waals surface area (Å²) in [6.45, 7) is 3.51. The van der Waals surface area contributed by atoms with Crippen LogP contribution in [0.2, 0.25) is 0 Å². The number of hydrogen-bond acceptors (Lipinski definition) is 6. The van der Waals surface area contributed by atoms with Crippen LogP contribution in [0, 0.1) is 5.41 Å². The van der Waals surface area contributed by atoms with Gasteiger partial charge < -0.3 is 15.4 Å². The zero-order chi connectivity index (χ0) is 23.0. The molecule has 0 spiro atoms. The summed E-state index contributed by atoms with van der Waals surface area (Å²) in [5, 5.41) is 15.2. The minimum atomic E-state index is -0.127. The summed E-state index contributed by atoms with van der Waals surface area (Å²) >= 11 is 0. The van der Waals surface area contributed by atoms with Crippen LogP contribution < -0.4 is 15.4 Å². The van der Waals surface area contributed by atoms with Gasteiger partial charge in [-0.25, -0.2) is 9.97 Å². The van der Waals surface area contributed by atoms with E-state index in [9.17, 15) is 4.79 Å². The van der Waals surface area contributed by atoms with E-state index in [-0.39, 0.29) is 18.0 Å². The van der Waals surface area contributed by atoms with Gasteiger partial charge in [-0.1, -0.05) is 24.8 Å². The second kappa shape index (κ2) is 10.5. The molecule has 1 heterocycles. The summed E-state index contributed by atoms with van der Waals surface area (Å²) in [5.41, 5.74) is 1.75. The lowest BCUT2D eigenvalue weighted by molar-refractivity contribution is -0.117. The predicted octanol–water partition coefficient (Wildman–Crippen LogP) is 4.71. The van der Waals surface area contributed by atoms with Crippen molar-refractivity contribution < 1.29 is 9.53 Å². The molecule has 33 heavy (non-hydrogen) atoms. The second-order valence-corrected chi connectivity index (χ2v) is 8.01. The van der Waals surface area contributed by atoms with E-state index in [0.29, 0.717) is 22.8 Å². The number of anilines is 1. The number of aromatic nitrogens is 2. The van der Waals surface area contributed by atoms with Crippen LogP contribution in [-0.4, -0.2) is 33.7 Å². The minimum Gasteiger partial charge on any atom is -0.457 e. The fourth-order valence-corrected chi connectivity index (χ4v) is 3.93. The van der Waals surface area contributed by atoms with E-state index in [4.69, 9.17) is 10.1 Å². The van der Waals surface area contributed by atoms with Crippen LogP contribution in [0.1, 0.15) is 36.8 Å². The number of para-hydroxylation sites is 1. The molecule has 1 aliphatic carbocycles. The van der Waals surface area contributed by atoms with Gasteiger partial charge in [0.05, 0.1) is 11.3 Å². The molecule has 0 aliphatic heterocycles. The third kappa shape index (κ3) is 5.83. The molecule has 1 aromatic heterocycles. The lowest BCUT2D eigenvalue weighted by atomic mass is 9.91. The Morgan fingerprint density at radius 3 is 2.36 bits per heavy atom. The Morgan fingerprint density at radius 2 is 1.67 bits per heavy atom. The quantitative estimate of drug-likeness (QED) is 0.347. The molecule has 0 bridgehead atoms. The highest BCUT2D eigenvalue weighted by atomic mass is 16.5. The highest BCUT2D eigenvalue weighted by Gasteiger charge is 2.23. The molecule has 0 unspecified atom stereocenters. The Labute approximate surface area is 193 Å². The molecule has 2 aromatic carbocycles. The average molecular weight is 442 g/mol. The Hall–Kier alpha value is -4.00. The lowest BCUT2D eigenvalue weighted by Crippen LogP contribution is -2.39. The maximum Gasteiger partial charge on any atom is 0.243 e. The van der Waals surface area contributed by atoms with Gasteiger partial charge in [-0.2, -0.15) is 0 Å². The van der Waals surface area contributed by atoms with Crippen molar-refractivity contribution in [3.63, 3.8) is 0 Å². The average Bonchev–Trinajstić information content (AvgIpc) is 2.86. The van der Waals surface area contributed by atoms with E-state index in [1.807, 2.05) is 54.6 Å². The van der Waals surface area contributed by atoms with E-state index in [0.717, 1.165) is 37.0 Å². The van der Waals surface area contributed by atoms with Crippen molar-refractivity contribution in [2.75, 3.05) is 5.32 Å². The van der Waals surface area contributed by atoms with Crippen LogP contribution in [0.4, 0.5) is 5.82 Å². The number of amides is 1. The fourth-order valence-electron chi connectivity index (χ4n) is 3.93. The standard InChI is InChI=1S/C26H27N5O2/c1-2-24(32)30-19-10-12-20(13-11-19)31-26-23(16-28-17-29-26)25(27)18-8-14-22(15-9-18)33-21-6-4-3-5-7-21/h2-9,14-17,19-20,27H,1,10-13H2,(H,30,32)(H,28,29,31). The summed E-state index contributed by atoms with van der Waals surface area (Å²) in [4.78, 5) is 20.1. The summed E-state index contributed by atoms with van der Waals surface area (Å²) in [7, 11) is 0. The van der Waals surface area contributed by atoms with Crippen molar-refractivity contribution in [1.82, 2.24) is 15.3 Å². The van der Waals surface area contributed by atoms with E-state index >= 15 is 0 Å². The van der Waals surface area contributed by atoms with Gasteiger partial charge in [-0.15, -0.1) is 0 Å². The molecule has 1 amide bonds. The zero-order valence-corrected chi connectivity index (χ0v) is 18.3. The highest BCUT2D eigenvalue weighted by Crippen LogP contribution is 2.26. The Bertz CT molecular complexity index is 1110. The van der Waals surface area contributed by atoms with E-state index in [2.05, 4.69) is 27.2 Å². The lowest BCUT2D eigenvalue weighted by Gasteiger charge is -2.30. The van der Waals surface area contributed by atoms with Crippen LogP contribution in [0.5, 0.6) is 11.5 Å². The number of rotatable bonds is 8. The van der Waals surface area contributed by atoms with Crippen LogP contribution in [-0.2, 0) is 4.79 Å². The number of carbonyl (C=O) groups is 1. The molecule has 7 nitrogen and oxygen atoms in total. The smallest absolute Gasteiger partial charge is 0.243 e. The summed E-state index contributed by atoms with van der Waals surface area (Å²) in [6.07, 6.45) is 8.06. The monoisotopic (exact) mass is 441 g/mol. The first kappa shape index (κ1) is 22.2. The van der Waals surface area contributed by atoms with Crippen molar-refractivity contribution in [2.45, 2.75) is 37.8 Å². The van der Waals surface area contributed by atoms with Gasteiger partial charge in [0.25, 0.3) is 0 Å². The van der Waals surface area contributed by atoms with Crippen molar-refractivity contribution in [3.05, 3.63) is 90.9 Å². The molecule has 168 valence electrons. The third-order valence-electron chi connectivity index (χ3n) is 5.70. The summed E-state index contributed by atoms with van der Waals surface area (Å²) in [6, 6.07) is 17.4. The van der Waals surface area contributed by atoms with Crippen molar-refractivity contribution in [1.29, 1.82) is 5.41 Å². The van der Waals surface area contributed by atoms with Gasteiger partial charge in [0.15, 0.2) is 0 Å². The fraction of sp³-hybridized carbons (Fsp3) is 0.231. The predicted molar refractivity (Wildman–Crippen MR) is 129 cm³/mol. The maximum absolute atomic E-state index is 11.5. The molecule has 1 aliphatic rings. The van der Waals surface area contributed by atoms with Crippen molar-refractivity contribution in [2.24, 2.45) is 0 Å². The summed E-state index contributed by atoms with van der Waals surface area (Å²) < 4.78 is 5.84. The molecule has 3 N–H and O–H groups in total. The Morgan fingerprint density at radius 1 is 1.00 bits per heavy atom. The van der Waals surface area contributed by atoms with Crippen molar-refractivity contribution >= 4 is 17.4 Å². The van der Waals surface area contributed by atoms with E-state index < -0.39 is 0 Å².